The fourth-order valence-corrected chi connectivity index (χ4v) is 1.14. The van der Waals surface area contributed by atoms with Crippen LogP contribution in [0.15, 0.2) is 12.2 Å². The van der Waals surface area contributed by atoms with Gasteiger partial charge in [0, 0.05) is 5.75 Å². The molecule has 1 rings (SSSR count). The molecule has 1 saturated carbocycles. The summed E-state index contributed by atoms with van der Waals surface area (Å²) in [7, 11) is 0. The van der Waals surface area contributed by atoms with Crippen molar-refractivity contribution in [3.05, 3.63) is 12.2 Å². The van der Waals surface area contributed by atoms with E-state index in [2.05, 4.69) is 18.4 Å². The first-order valence-electron chi connectivity index (χ1n) is 3.57. The van der Waals surface area contributed by atoms with Gasteiger partial charge in [0.25, 0.3) is 0 Å². The fraction of sp³-hybridized carbons (Fsp3) is 0.750. The van der Waals surface area contributed by atoms with Gasteiger partial charge < -0.3 is 0 Å². The van der Waals surface area contributed by atoms with Crippen molar-refractivity contribution >= 4 is 11.8 Å². The van der Waals surface area contributed by atoms with E-state index < -0.39 is 0 Å². The monoisotopic (exact) mass is 142 g/mol. The van der Waals surface area contributed by atoms with E-state index in [0.717, 1.165) is 5.92 Å². The second-order valence-electron chi connectivity index (χ2n) is 2.61. The average Bonchev–Trinajstić information content (AvgIpc) is 2.63. The molecule has 0 heterocycles. The molecule has 1 aliphatic carbocycles. The van der Waals surface area contributed by atoms with Crippen molar-refractivity contribution in [1.29, 1.82) is 0 Å². The molecule has 0 aliphatic heterocycles. The summed E-state index contributed by atoms with van der Waals surface area (Å²) in [6.07, 6.45) is 11.0. The number of thioether (sulfide) groups is 1. The summed E-state index contributed by atoms with van der Waals surface area (Å²) in [5.41, 5.74) is 0. The minimum absolute atomic E-state index is 1.06. The maximum Gasteiger partial charge on any atom is 0.0110 e. The van der Waals surface area contributed by atoms with Crippen molar-refractivity contribution in [1.82, 2.24) is 0 Å². The van der Waals surface area contributed by atoms with Gasteiger partial charge in [0.05, 0.1) is 0 Å². The standard InChI is InChI=1S/C8H14S/c1-9-7-3-2-4-8-5-6-8/h2-3,8H,4-7H2,1H3. The minimum atomic E-state index is 1.06. The molecule has 0 aromatic carbocycles. The lowest BCUT2D eigenvalue weighted by atomic mass is 10.3. The van der Waals surface area contributed by atoms with Crippen molar-refractivity contribution in [2.24, 2.45) is 5.92 Å². The first-order valence-corrected chi connectivity index (χ1v) is 4.97. The molecule has 0 N–H and O–H groups in total. The van der Waals surface area contributed by atoms with Crippen molar-refractivity contribution < 1.29 is 0 Å². The van der Waals surface area contributed by atoms with E-state index in [-0.39, 0.29) is 0 Å². The van der Waals surface area contributed by atoms with Crippen molar-refractivity contribution in [3.8, 4) is 0 Å². The lowest BCUT2D eigenvalue weighted by Crippen LogP contribution is -1.70. The number of rotatable bonds is 4. The lowest BCUT2D eigenvalue weighted by molar-refractivity contribution is 0.862. The second-order valence-corrected chi connectivity index (χ2v) is 3.52. The van der Waals surface area contributed by atoms with Crippen molar-refractivity contribution in [2.75, 3.05) is 12.0 Å². The SMILES string of the molecule is CSCC=CCC1CC1. The summed E-state index contributed by atoms with van der Waals surface area (Å²) in [5.74, 6) is 2.25. The van der Waals surface area contributed by atoms with Gasteiger partial charge in [-0.25, -0.2) is 0 Å². The zero-order valence-corrected chi connectivity index (χ0v) is 6.79. The van der Waals surface area contributed by atoms with Crippen LogP contribution < -0.4 is 0 Å². The number of allylic oxidation sites excluding steroid dienone is 1. The van der Waals surface area contributed by atoms with E-state index in [9.17, 15) is 0 Å². The molecule has 0 aromatic rings. The van der Waals surface area contributed by atoms with E-state index >= 15 is 0 Å². The highest BCUT2D eigenvalue weighted by atomic mass is 32.2. The topological polar surface area (TPSA) is 0 Å². The largest absolute Gasteiger partial charge is 0.161 e. The summed E-state index contributed by atoms with van der Waals surface area (Å²) in [6.45, 7) is 0. The van der Waals surface area contributed by atoms with Crippen LogP contribution in [0, 0.1) is 5.92 Å². The maximum atomic E-state index is 2.33. The summed E-state index contributed by atoms with van der Waals surface area (Å²) >= 11 is 1.89. The molecule has 52 valence electrons. The summed E-state index contributed by atoms with van der Waals surface area (Å²) in [6, 6.07) is 0. The molecule has 0 unspecified atom stereocenters. The van der Waals surface area contributed by atoms with Gasteiger partial charge in [0.15, 0.2) is 0 Å². The Labute approximate surface area is 61.7 Å². The van der Waals surface area contributed by atoms with Crippen molar-refractivity contribution in [3.63, 3.8) is 0 Å². The highest BCUT2D eigenvalue weighted by Crippen LogP contribution is 2.32. The van der Waals surface area contributed by atoms with Crippen LogP contribution >= 0.6 is 11.8 Å². The average molecular weight is 142 g/mol. The van der Waals surface area contributed by atoms with E-state index in [4.69, 9.17) is 0 Å². The van der Waals surface area contributed by atoms with Gasteiger partial charge >= 0.3 is 0 Å². The second kappa shape index (κ2) is 3.99. The Morgan fingerprint density at radius 2 is 2.22 bits per heavy atom. The minimum Gasteiger partial charge on any atom is -0.161 e. The van der Waals surface area contributed by atoms with Crippen LogP contribution in [0.5, 0.6) is 0 Å². The highest BCUT2D eigenvalue weighted by molar-refractivity contribution is 7.98. The van der Waals surface area contributed by atoms with Gasteiger partial charge in [-0.3, -0.25) is 0 Å². The molecule has 0 atom stereocenters. The third-order valence-electron chi connectivity index (χ3n) is 1.60. The molecule has 9 heavy (non-hydrogen) atoms. The van der Waals surface area contributed by atoms with Crippen LogP contribution in [0.4, 0.5) is 0 Å². The number of hydrogen-bond acceptors (Lipinski definition) is 1. The summed E-state index contributed by atoms with van der Waals surface area (Å²) in [5, 5.41) is 0. The van der Waals surface area contributed by atoms with Crippen LogP contribution in [0.25, 0.3) is 0 Å². The molecule has 0 spiro atoms. The molecule has 0 nitrogen and oxygen atoms in total. The highest BCUT2D eigenvalue weighted by Gasteiger charge is 2.18. The van der Waals surface area contributed by atoms with E-state index in [1.165, 1.54) is 25.0 Å². The van der Waals surface area contributed by atoms with E-state index in [1.807, 2.05) is 11.8 Å². The first kappa shape index (κ1) is 7.20. The van der Waals surface area contributed by atoms with Gasteiger partial charge in [-0.05, 0) is 31.4 Å². The van der Waals surface area contributed by atoms with Crippen LogP contribution in [0.2, 0.25) is 0 Å². The molecule has 0 saturated heterocycles. The Morgan fingerprint density at radius 1 is 1.44 bits per heavy atom. The van der Waals surface area contributed by atoms with Gasteiger partial charge in [-0.1, -0.05) is 12.2 Å². The third kappa shape index (κ3) is 3.63. The van der Waals surface area contributed by atoms with Gasteiger partial charge in [-0.15, -0.1) is 0 Å². The molecule has 0 aromatic heterocycles. The summed E-state index contributed by atoms with van der Waals surface area (Å²) < 4.78 is 0. The van der Waals surface area contributed by atoms with E-state index in [1.54, 1.807) is 0 Å². The van der Waals surface area contributed by atoms with Crippen LogP contribution in [0.1, 0.15) is 19.3 Å². The molecule has 0 amide bonds. The smallest absolute Gasteiger partial charge is 0.0110 e. The maximum absolute atomic E-state index is 2.33. The fourth-order valence-electron chi connectivity index (χ4n) is 0.806. The zero-order chi connectivity index (χ0) is 6.53. The zero-order valence-electron chi connectivity index (χ0n) is 5.97. The first-order chi connectivity index (χ1) is 4.43. The number of hydrogen-bond donors (Lipinski definition) is 0. The summed E-state index contributed by atoms with van der Waals surface area (Å²) in [4.78, 5) is 0. The van der Waals surface area contributed by atoms with Gasteiger partial charge in [0.2, 0.25) is 0 Å². The molecular formula is C8H14S. The van der Waals surface area contributed by atoms with Crippen LogP contribution in [-0.2, 0) is 0 Å². The normalized spacial score (nSPS) is 19.2. The quantitative estimate of drug-likeness (QED) is 0.544. The predicted octanol–water partition coefficient (Wildman–Crippen LogP) is 2.71. The predicted molar refractivity (Wildman–Crippen MR) is 44.9 cm³/mol. The molecule has 1 fully saturated rings. The molecule has 0 radical (unpaired) electrons. The van der Waals surface area contributed by atoms with Gasteiger partial charge in [-0.2, -0.15) is 11.8 Å². The Balaban J connectivity index is 1.88. The van der Waals surface area contributed by atoms with Crippen LogP contribution in [0.3, 0.4) is 0 Å². The Hall–Kier alpha value is 0.0900. The van der Waals surface area contributed by atoms with Crippen molar-refractivity contribution in [2.45, 2.75) is 19.3 Å². The molecule has 1 heteroatoms. The van der Waals surface area contributed by atoms with Gasteiger partial charge in [0.1, 0.15) is 0 Å². The molecular weight excluding hydrogens is 128 g/mol. The van der Waals surface area contributed by atoms with E-state index in [0.29, 0.717) is 0 Å². The molecule has 0 bridgehead atoms. The molecule has 1 aliphatic rings. The Bertz CT molecular complexity index is 92.7. The Kier molecular flexibility index (Phi) is 3.20. The third-order valence-corrected chi connectivity index (χ3v) is 2.12. The van der Waals surface area contributed by atoms with Crippen LogP contribution in [-0.4, -0.2) is 12.0 Å². The Morgan fingerprint density at radius 3 is 2.78 bits per heavy atom. The lowest BCUT2D eigenvalue weighted by Gasteiger charge is -1.85.